The van der Waals surface area contributed by atoms with E-state index < -0.39 is 0 Å². The lowest BCUT2D eigenvalue weighted by atomic mass is 9.96. The maximum absolute atomic E-state index is 13.6. The Morgan fingerprint density at radius 1 is 1.12 bits per heavy atom. The highest BCUT2D eigenvalue weighted by Gasteiger charge is 2.26. The number of para-hydroxylation sites is 1. The summed E-state index contributed by atoms with van der Waals surface area (Å²) in [7, 11) is 0. The van der Waals surface area contributed by atoms with Gasteiger partial charge in [0.25, 0.3) is 5.56 Å². The summed E-state index contributed by atoms with van der Waals surface area (Å²) in [6.07, 6.45) is 1.40. The van der Waals surface area contributed by atoms with Gasteiger partial charge in [0.2, 0.25) is 0 Å². The van der Waals surface area contributed by atoms with Crippen LogP contribution < -0.4 is 15.7 Å². The molecular weight excluding hydrogens is 430 g/mol. The standard InChI is InChI=1S/C26H21N5O3/c1-2-34-26(33)16-9-11-30(12-10-16)18-7-8-21-20(13-18)25(32)31-22-6-4-3-5-19(22)23(24(31)29-21)17(14-27)15-28/h3-8,13,16H,2,9-12H2,1H3. The molecule has 0 spiro atoms. The molecule has 1 aliphatic rings. The Bertz CT molecular complexity index is 1630. The Morgan fingerprint density at radius 2 is 1.85 bits per heavy atom. The SMILES string of the molecule is CCOC(=O)C1CCN(c2ccc3nc4c(=C(C#N)C#N)c5ccccc5n4c(=O)c3c2)CC1. The number of rotatable bonds is 3. The molecule has 1 fully saturated rings. The number of anilines is 1. The van der Waals surface area contributed by atoms with Gasteiger partial charge in [-0.05, 0) is 44.0 Å². The molecule has 0 saturated carbocycles. The molecule has 2 aromatic carbocycles. The van der Waals surface area contributed by atoms with Gasteiger partial charge in [0, 0.05) is 24.2 Å². The normalized spacial score (nSPS) is 14.3. The predicted octanol–water partition coefficient (Wildman–Crippen LogP) is 2.70. The van der Waals surface area contributed by atoms with Crippen LogP contribution in [0.5, 0.6) is 0 Å². The average Bonchev–Trinajstić information content (AvgIpc) is 3.19. The van der Waals surface area contributed by atoms with Crippen molar-refractivity contribution in [3.05, 3.63) is 58.0 Å². The quantitative estimate of drug-likeness (QED) is 0.440. The molecule has 1 aliphatic heterocycles. The number of hydrogen-bond donors (Lipinski definition) is 0. The molecule has 0 atom stereocenters. The van der Waals surface area contributed by atoms with Crippen molar-refractivity contribution in [2.75, 3.05) is 24.6 Å². The summed E-state index contributed by atoms with van der Waals surface area (Å²) < 4.78 is 6.64. The number of ether oxygens (including phenoxy) is 1. The fraction of sp³-hybridized carbons (Fsp3) is 0.269. The van der Waals surface area contributed by atoms with E-state index in [-0.39, 0.29) is 23.0 Å². The van der Waals surface area contributed by atoms with E-state index in [1.165, 1.54) is 4.40 Å². The number of benzene rings is 2. The largest absolute Gasteiger partial charge is 0.466 e. The molecule has 168 valence electrons. The minimum absolute atomic E-state index is 0.0777. The summed E-state index contributed by atoms with van der Waals surface area (Å²) in [5.41, 5.74) is 1.98. The number of carbonyl (C=O) groups excluding carboxylic acids is 1. The van der Waals surface area contributed by atoms with E-state index in [1.54, 1.807) is 24.3 Å². The zero-order valence-electron chi connectivity index (χ0n) is 18.6. The minimum Gasteiger partial charge on any atom is -0.466 e. The molecule has 4 aromatic rings. The number of nitrogens with zero attached hydrogens (tertiary/aromatic N) is 5. The van der Waals surface area contributed by atoms with Crippen LogP contribution in [0.4, 0.5) is 5.69 Å². The number of hydrogen-bond acceptors (Lipinski definition) is 7. The van der Waals surface area contributed by atoms with Crippen LogP contribution in [0.3, 0.4) is 0 Å². The van der Waals surface area contributed by atoms with Crippen molar-refractivity contribution in [3.8, 4) is 12.1 Å². The first kappa shape index (κ1) is 21.4. The van der Waals surface area contributed by atoms with Gasteiger partial charge in [-0.15, -0.1) is 0 Å². The van der Waals surface area contributed by atoms with Crippen molar-refractivity contribution in [1.29, 1.82) is 10.5 Å². The van der Waals surface area contributed by atoms with Crippen molar-refractivity contribution >= 4 is 44.7 Å². The summed E-state index contributed by atoms with van der Waals surface area (Å²) in [5, 5.41) is 20.5. The van der Waals surface area contributed by atoms with E-state index in [1.807, 2.05) is 37.3 Å². The first-order chi connectivity index (χ1) is 16.6. The van der Waals surface area contributed by atoms with Gasteiger partial charge in [-0.2, -0.15) is 10.5 Å². The second-order valence-corrected chi connectivity index (χ2v) is 8.28. The Hall–Kier alpha value is -4.43. The number of carbonyl (C=O) groups is 1. The van der Waals surface area contributed by atoms with Crippen LogP contribution in [-0.2, 0) is 9.53 Å². The summed E-state index contributed by atoms with van der Waals surface area (Å²) in [5.74, 6) is -0.237. The van der Waals surface area contributed by atoms with Crippen molar-refractivity contribution in [1.82, 2.24) is 9.38 Å². The highest BCUT2D eigenvalue weighted by Crippen LogP contribution is 2.26. The molecule has 3 heterocycles. The average molecular weight is 451 g/mol. The van der Waals surface area contributed by atoms with Crippen LogP contribution in [0.2, 0.25) is 0 Å². The molecule has 0 bridgehead atoms. The zero-order valence-corrected chi connectivity index (χ0v) is 18.6. The van der Waals surface area contributed by atoms with Gasteiger partial charge in [-0.1, -0.05) is 18.2 Å². The number of piperidine rings is 1. The van der Waals surface area contributed by atoms with Gasteiger partial charge in [0.05, 0.1) is 34.2 Å². The first-order valence-electron chi connectivity index (χ1n) is 11.2. The molecule has 5 rings (SSSR count). The number of nitriles is 2. The highest BCUT2D eigenvalue weighted by molar-refractivity contribution is 5.95. The summed E-state index contributed by atoms with van der Waals surface area (Å²) in [6.45, 7) is 3.58. The summed E-state index contributed by atoms with van der Waals surface area (Å²) in [4.78, 5) is 32.5. The minimum atomic E-state index is -0.249. The van der Waals surface area contributed by atoms with Crippen LogP contribution in [0.15, 0.2) is 47.3 Å². The maximum atomic E-state index is 13.6. The third-order valence-corrected chi connectivity index (χ3v) is 6.44. The lowest BCUT2D eigenvalue weighted by Crippen LogP contribution is -2.37. The third kappa shape index (κ3) is 3.32. The second-order valence-electron chi connectivity index (χ2n) is 8.28. The molecule has 0 amide bonds. The van der Waals surface area contributed by atoms with Crippen LogP contribution in [0.25, 0.3) is 33.0 Å². The van der Waals surface area contributed by atoms with Gasteiger partial charge >= 0.3 is 5.97 Å². The fourth-order valence-electron chi connectivity index (χ4n) is 4.78. The monoisotopic (exact) mass is 451 g/mol. The van der Waals surface area contributed by atoms with E-state index in [4.69, 9.17) is 9.72 Å². The summed E-state index contributed by atoms with van der Waals surface area (Å²) in [6, 6.07) is 16.6. The fourth-order valence-corrected chi connectivity index (χ4v) is 4.78. The van der Waals surface area contributed by atoms with Gasteiger partial charge < -0.3 is 9.64 Å². The van der Waals surface area contributed by atoms with E-state index in [0.717, 1.165) is 5.69 Å². The Morgan fingerprint density at radius 3 is 2.56 bits per heavy atom. The lowest BCUT2D eigenvalue weighted by molar-refractivity contribution is -0.148. The first-order valence-corrected chi connectivity index (χ1v) is 11.2. The molecule has 1 saturated heterocycles. The summed E-state index contributed by atoms with van der Waals surface area (Å²) >= 11 is 0. The molecular formula is C26H21N5O3. The Balaban J connectivity index is 1.64. The molecule has 8 nitrogen and oxygen atoms in total. The topological polar surface area (TPSA) is 111 Å². The lowest BCUT2D eigenvalue weighted by Gasteiger charge is -2.32. The smallest absolute Gasteiger partial charge is 0.309 e. The van der Waals surface area contributed by atoms with Crippen LogP contribution in [0, 0.1) is 28.6 Å². The van der Waals surface area contributed by atoms with Gasteiger partial charge in [-0.3, -0.25) is 14.0 Å². The van der Waals surface area contributed by atoms with Crippen molar-refractivity contribution < 1.29 is 9.53 Å². The van der Waals surface area contributed by atoms with Crippen molar-refractivity contribution in [2.24, 2.45) is 5.92 Å². The van der Waals surface area contributed by atoms with Crippen LogP contribution in [0.1, 0.15) is 19.8 Å². The van der Waals surface area contributed by atoms with Crippen LogP contribution in [-0.4, -0.2) is 35.1 Å². The molecule has 0 unspecified atom stereocenters. The number of esters is 1. The zero-order chi connectivity index (χ0) is 23.8. The molecule has 0 N–H and O–H groups in total. The van der Waals surface area contributed by atoms with E-state index >= 15 is 0 Å². The number of fused-ring (bicyclic) bond motifs is 4. The maximum Gasteiger partial charge on any atom is 0.309 e. The van der Waals surface area contributed by atoms with E-state index in [9.17, 15) is 20.1 Å². The molecule has 2 aromatic heterocycles. The third-order valence-electron chi connectivity index (χ3n) is 6.44. The Labute approximate surface area is 194 Å². The van der Waals surface area contributed by atoms with Crippen LogP contribution >= 0.6 is 0 Å². The van der Waals surface area contributed by atoms with Crippen molar-refractivity contribution in [3.63, 3.8) is 0 Å². The van der Waals surface area contributed by atoms with E-state index in [0.29, 0.717) is 65.2 Å². The predicted molar refractivity (Wildman–Crippen MR) is 128 cm³/mol. The molecule has 0 radical (unpaired) electrons. The highest BCUT2D eigenvalue weighted by atomic mass is 16.5. The van der Waals surface area contributed by atoms with E-state index in [2.05, 4.69) is 4.90 Å². The van der Waals surface area contributed by atoms with Gasteiger partial charge in [0.15, 0.2) is 5.65 Å². The number of aromatic nitrogens is 2. The van der Waals surface area contributed by atoms with Gasteiger partial charge in [-0.25, -0.2) is 4.98 Å². The molecule has 34 heavy (non-hydrogen) atoms. The Kier molecular flexibility index (Phi) is 5.35. The second kappa shape index (κ2) is 8.49. The van der Waals surface area contributed by atoms with Gasteiger partial charge in [0.1, 0.15) is 17.7 Å². The van der Waals surface area contributed by atoms with Crippen molar-refractivity contribution in [2.45, 2.75) is 19.8 Å². The molecule has 0 aliphatic carbocycles. The molecule has 8 heteroatoms.